The van der Waals surface area contributed by atoms with Crippen molar-refractivity contribution in [2.24, 2.45) is 5.73 Å². The van der Waals surface area contributed by atoms with Gasteiger partial charge in [0, 0.05) is 6.04 Å². The zero-order chi connectivity index (χ0) is 12.1. The van der Waals surface area contributed by atoms with Gasteiger partial charge in [-0.25, -0.2) is 0 Å². The van der Waals surface area contributed by atoms with Crippen LogP contribution in [0.15, 0.2) is 29.3 Å². The lowest BCUT2D eigenvalue weighted by Crippen LogP contribution is -2.09. The van der Waals surface area contributed by atoms with E-state index in [1.165, 1.54) is 0 Å². The van der Waals surface area contributed by atoms with Crippen LogP contribution in [-0.4, -0.2) is 14.2 Å². The highest BCUT2D eigenvalue weighted by Crippen LogP contribution is 2.37. The first-order chi connectivity index (χ1) is 7.63. The largest absolute Gasteiger partial charge is 0.495 e. The molecule has 0 bridgehead atoms. The Morgan fingerprint density at radius 2 is 1.88 bits per heavy atom. The zero-order valence-corrected chi connectivity index (χ0v) is 11.1. The minimum Gasteiger partial charge on any atom is -0.495 e. The van der Waals surface area contributed by atoms with Gasteiger partial charge in [-0.2, -0.15) is 0 Å². The fourth-order valence-corrected chi connectivity index (χ4v) is 1.97. The van der Waals surface area contributed by atoms with Crippen molar-refractivity contribution >= 4 is 15.9 Å². The summed E-state index contributed by atoms with van der Waals surface area (Å²) in [5.74, 6) is 1.43. The second kappa shape index (κ2) is 5.92. The van der Waals surface area contributed by atoms with E-state index in [-0.39, 0.29) is 6.04 Å². The van der Waals surface area contributed by atoms with Crippen molar-refractivity contribution in [2.45, 2.75) is 12.5 Å². The Labute approximate surface area is 104 Å². The van der Waals surface area contributed by atoms with Crippen LogP contribution in [0.1, 0.15) is 18.0 Å². The Bertz CT molecular complexity index is 354. The smallest absolute Gasteiger partial charge is 0.137 e. The molecule has 0 aliphatic carbocycles. The summed E-state index contributed by atoms with van der Waals surface area (Å²) in [6, 6.07) is 3.72. The molecule has 2 N–H and O–H groups in total. The Morgan fingerprint density at radius 1 is 1.38 bits per heavy atom. The third-order valence-corrected chi connectivity index (χ3v) is 3.10. The van der Waals surface area contributed by atoms with E-state index in [2.05, 4.69) is 22.5 Å². The first-order valence-electron chi connectivity index (χ1n) is 4.92. The standard InChI is InChI=1S/C12H16BrNO2/c1-4-5-9(14)8-6-10(15-2)12(13)11(7-8)16-3/h4,6-7,9H,1,5,14H2,2-3H3/t9-/m1/s1. The average molecular weight is 286 g/mol. The molecule has 0 radical (unpaired) electrons. The fraction of sp³-hybridized carbons (Fsp3) is 0.333. The Morgan fingerprint density at radius 3 is 2.25 bits per heavy atom. The van der Waals surface area contributed by atoms with Crippen molar-refractivity contribution in [2.75, 3.05) is 14.2 Å². The van der Waals surface area contributed by atoms with Crippen LogP contribution in [-0.2, 0) is 0 Å². The summed E-state index contributed by atoms with van der Waals surface area (Å²) in [7, 11) is 3.23. The Balaban J connectivity index is 3.15. The van der Waals surface area contributed by atoms with Gasteiger partial charge in [-0.3, -0.25) is 0 Å². The van der Waals surface area contributed by atoms with E-state index in [1.807, 2.05) is 12.1 Å². The van der Waals surface area contributed by atoms with Crippen molar-refractivity contribution in [1.82, 2.24) is 0 Å². The maximum atomic E-state index is 6.01. The normalized spacial score (nSPS) is 12.0. The molecule has 1 rings (SSSR count). The second-order valence-corrected chi connectivity index (χ2v) is 4.16. The molecule has 0 unspecified atom stereocenters. The molecule has 0 aliphatic heterocycles. The summed E-state index contributed by atoms with van der Waals surface area (Å²) in [5, 5.41) is 0. The predicted octanol–water partition coefficient (Wildman–Crippen LogP) is 3.04. The van der Waals surface area contributed by atoms with Gasteiger partial charge >= 0.3 is 0 Å². The predicted molar refractivity (Wildman–Crippen MR) is 69.0 cm³/mol. The lowest BCUT2D eigenvalue weighted by molar-refractivity contribution is 0.388. The number of nitrogens with two attached hydrogens (primary N) is 1. The zero-order valence-electron chi connectivity index (χ0n) is 9.50. The monoisotopic (exact) mass is 285 g/mol. The van der Waals surface area contributed by atoms with Crippen LogP contribution >= 0.6 is 15.9 Å². The minimum absolute atomic E-state index is 0.0894. The molecule has 16 heavy (non-hydrogen) atoms. The van der Waals surface area contributed by atoms with E-state index in [0.29, 0.717) is 17.9 Å². The topological polar surface area (TPSA) is 44.5 Å². The lowest BCUT2D eigenvalue weighted by Gasteiger charge is -2.15. The number of rotatable bonds is 5. The maximum absolute atomic E-state index is 6.01. The summed E-state index contributed by atoms with van der Waals surface area (Å²) < 4.78 is 11.3. The van der Waals surface area contributed by atoms with Gasteiger partial charge in [0.1, 0.15) is 16.0 Å². The van der Waals surface area contributed by atoms with Gasteiger partial charge in [-0.05, 0) is 40.0 Å². The molecular weight excluding hydrogens is 270 g/mol. The number of hydrogen-bond donors (Lipinski definition) is 1. The molecule has 0 saturated carbocycles. The van der Waals surface area contributed by atoms with Crippen molar-refractivity contribution in [3.63, 3.8) is 0 Å². The molecule has 88 valence electrons. The van der Waals surface area contributed by atoms with E-state index in [4.69, 9.17) is 15.2 Å². The van der Waals surface area contributed by atoms with Crippen molar-refractivity contribution in [3.05, 3.63) is 34.8 Å². The number of benzene rings is 1. The van der Waals surface area contributed by atoms with E-state index in [0.717, 1.165) is 10.0 Å². The van der Waals surface area contributed by atoms with Gasteiger partial charge in [0.15, 0.2) is 0 Å². The van der Waals surface area contributed by atoms with Crippen molar-refractivity contribution in [3.8, 4) is 11.5 Å². The molecule has 0 aliphatic rings. The van der Waals surface area contributed by atoms with Crippen LogP contribution in [0.3, 0.4) is 0 Å². The van der Waals surface area contributed by atoms with Crippen molar-refractivity contribution < 1.29 is 9.47 Å². The number of methoxy groups -OCH3 is 2. The van der Waals surface area contributed by atoms with Crippen LogP contribution in [0.5, 0.6) is 11.5 Å². The first kappa shape index (κ1) is 13.1. The fourth-order valence-electron chi connectivity index (χ4n) is 1.42. The third-order valence-electron chi connectivity index (χ3n) is 2.32. The Kier molecular flexibility index (Phi) is 4.83. The molecule has 4 heteroatoms. The quantitative estimate of drug-likeness (QED) is 0.846. The van der Waals surface area contributed by atoms with E-state index >= 15 is 0 Å². The Hall–Kier alpha value is -1.00. The molecule has 1 atom stereocenters. The molecule has 0 aromatic heterocycles. The molecule has 0 saturated heterocycles. The van der Waals surface area contributed by atoms with Gasteiger partial charge < -0.3 is 15.2 Å². The van der Waals surface area contributed by atoms with Gasteiger partial charge in [-0.15, -0.1) is 6.58 Å². The lowest BCUT2D eigenvalue weighted by atomic mass is 10.0. The number of ether oxygens (including phenoxy) is 2. The molecule has 1 aromatic rings. The molecule has 0 amide bonds. The summed E-state index contributed by atoms with van der Waals surface area (Å²) in [6.07, 6.45) is 2.51. The summed E-state index contributed by atoms with van der Waals surface area (Å²) in [6.45, 7) is 3.68. The van der Waals surface area contributed by atoms with Gasteiger partial charge in [0.05, 0.1) is 14.2 Å². The average Bonchev–Trinajstić information content (AvgIpc) is 2.29. The summed E-state index contributed by atoms with van der Waals surface area (Å²) in [4.78, 5) is 0. The van der Waals surface area contributed by atoms with Crippen LogP contribution < -0.4 is 15.2 Å². The van der Waals surface area contributed by atoms with E-state index in [1.54, 1.807) is 20.3 Å². The first-order valence-corrected chi connectivity index (χ1v) is 5.71. The highest BCUT2D eigenvalue weighted by atomic mass is 79.9. The maximum Gasteiger partial charge on any atom is 0.137 e. The van der Waals surface area contributed by atoms with Crippen LogP contribution in [0.2, 0.25) is 0 Å². The molecular formula is C12H16BrNO2. The van der Waals surface area contributed by atoms with Crippen LogP contribution in [0.25, 0.3) is 0 Å². The summed E-state index contributed by atoms with van der Waals surface area (Å²) in [5.41, 5.74) is 6.97. The number of halogens is 1. The van der Waals surface area contributed by atoms with Crippen molar-refractivity contribution in [1.29, 1.82) is 0 Å². The van der Waals surface area contributed by atoms with Gasteiger partial charge in [0.25, 0.3) is 0 Å². The number of hydrogen-bond acceptors (Lipinski definition) is 3. The molecule has 3 nitrogen and oxygen atoms in total. The highest BCUT2D eigenvalue weighted by molar-refractivity contribution is 9.10. The third kappa shape index (κ3) is 2.77. The van der Waals surface area contributed by atoms with Crippen LogP contribution in [0, 0.1) is 0 Å². The molecule has 0 spiro atoms. The molecule has 1 aromatic carbocycles. The highest BCUT2D eigenvalue weighted by Gasteiger charge is 2.13. The van der Waals surface area contributed by atoms with E-state index < -0.39 is 0 Å². The second-order valence-electron chi connectivity index (χ2n) is 3.37. The van der Waals surface area contributed by atoms with E-state index in [9.17, 15) is 0 Å². The van der Waals surface area contributed by atoms with Gasteiger partial charge in [-0.1, -0.05) is 6.08 Å². The minimum atomic E-state index is -0.0894. The van der Waals surface area contributed by atoms with Gasteiger partial charge in [0.2, 0.25) is 0 Å². The summed E-state index contributed by atoms with van der Waals surface area (Å²) >= 11 is 3.41. The molecule has 0 fully saturated rings. The SMILES string of the molecule is C=CC[C@@H](N)c1cc(OC)c(Br)c(OC)c1. The molecule has 0 heterocycles. The van der Waals surface area contributed by atoms with Crippen LogP contribution in [0.4, 0.5) is 0 Å².